The molecule has 0 atom stereocenters. The van der Waals surface area contributed by atoms with Crippen LogP contribution in [0, 0.1) is 0 Å². The summed E-state index contributed by atoms with van der Waals surface area (Å²) >= 11 is 5.67. The van der Waals surface area contributed by atoms with E-state index in [1.165, 1.54) is 24.3 Å². The number of benzene rings is 1. The molecule has 4 nitrogen and oxygen atoms in total. The number of hydrogen-bond acceptors (Lipinski definition) is 2. The number of aromatic amines is 1. The van der Waals surface area contributed by atoms with Crippen molar-refractivity contribution in [3.05, 3.63) is 45.6 Å². The van der Waals surface area contributed by atoms with Crippen LogP contribution >= 0.6 is 11.6 Å². The first-order valence-electron chi connectivity index (χ1n) is 4.40. The van der Waals surface area contributed by atoms with Gasteiger partial charge in [-0.25, -0.2) is 4.79 Å². The highest BCUT2D eigenvalue weighted by Crippen LogP contribution is 2.25. The molecule has 1 aromatic carbocycles. The van der Waals surface area contributed by atoms with Gasteiger partial charge in [-0.3, -0.25) is 4.98 Å². The number of nitrogens with one attached hydrogen (secondary N) is 1. The summed E-state index contributed by atoms with van der Waals surface area (Å²) in [5.74, 6) is -1.34. The molecule has 1 heterocycles. The van der Waals surface area contributed by atoms with E-state index in [9.17, 15) is 18.0 Å². The van der Waals surface area contributed by atoms with Crippen LogP contribution in [0.1, 0.15) is 5.82 Å². The molecular formula is C9H5ClF3N3O. The molecule has 1 N–H and O–H groups in total. The van der Waals surface area contributed by atoms with Crippen LogP contribution in [0.25, 0.3) is 5.69 Å². The third-order valence-corrected chi connectivity index (χ3v) is 2.17. The van der Waals surface area contributed by atoms with Crippen molar-refractivity contribution in [2.75, 3.05) is 0 Å². The zero-order valence-electron chi connectivity index (χ0n) is 8.12. The van der Waals surface area contributed by atoms with Crippen molar-refractivity contribution in [2.45, 2.75) is 6.18 Å². The summed E-state index contributed by atoms with van der Waals surface area (Å²) in [5.41, 5.74) is -0.811. The lowest BCUT2D eigenvalue weighted by Gasteiger charge is -2.00. The van der Waals surface area contributed by atoms with Gasteiger partial charge in [0.2, 0.25) is 5.82 Å². The maximum absolute atomic E-state index is 12.3. The van der Waals surface area contributed by atoms with E-state index in [1.807, 2.05) is 0 Å². The Labute approximate surface area is 97.6 Å². The molecule has 0 spiro atoms. The molecule has 2 rings (SSSR count). The molecule has 0 aliphatic rings. The van der Waals surface area contributed by atoms with Crippen molar-refractivity contribution < 1.29 is 13.2 Å². The maximum atomic E-state index is 12.3. The van der Waals surface area contributed by atoms with Gasteiger partial charge in [-0.2, -0.15) is 17.9 Å². The van der Waals surface area contributed by atoms with Gasteiger partial charge in [0.05, 0.1) is 5.69 Å². The van der Waals surface area contributed by atoms with E-state index in [0.29, 0.717) is 9.70 Å². The van der Waals surface area contributed by atoms with Gasteiger partial charge in [-0.05, 0) is 18.2 Å². The average Bonchev–Trinajstić information content (AvgIpc) is 2.60. The molecule has 0 fully saturated rings. The van der Waals surface area contributed by atoms with Crippen LogP contribution in [0.5, 0.6) is 0 Å². The first kappa shape index (κ1) is 11.7. The number of rotatable bonds is 1. The van der Waals surface area contributed by atoms with Gasteiger partial charge < -0.3 is 0 Å². The Hall–Kier alpha value is -1.76. The Morgan fingerprint density at radius 3 is 2.59 bits per heavy atom. The predicted molar refractivity (Wildman–Crippen MR) is 54.2 cm³/mol. The van der Waals surface area contributed by atoms with Gasteiger partial charge >= 0.3 is 11.9 Å². The fraction of sp³-hybridized carbons (Fsp3) is 0.111. The molecule has 0 bridgehead atoms. The van der Waals surface area contributed by atoms with Crippen LogP contribution in [0.4, 0.5) is 13.2 Å². The van der Waals surface area contributed by atoms with Crippen molar-refractivity contribution in [3.63, 3.8) is 0 Å². The molecule has 0 saturated carbocycles. The summed E-state index contributed by atoms with van der Waals surface area (Å²) in [6.45, 7) is 0. The highest BCUT2D eigenvalue weighted by molar-refractivity contribution is 6.30. The molecule has 8 heteroatoms. The maximum Gasteiger partial charge on any atom is 0.451 e. The lowest BCUT2D eigenvalue weighted by molar-refractivity contribution is -0.144. The Morgan fingerprint density at radius 2 is 2.06 bits per heavy atom. The highest BCUT2D eigenvalue weighted by atomic mass is 35.5. The summed E-state index contributed by atoms with van der Waals surface area (Å²) in [6.07, 6.45) is -4.69. The topological polar surface area (TPSA) is 50.7 Å². The molecular weight excluding hydrogens is 259 g/mol. The molecule has 1 aromatic heterocycles. The van der Waals surface area contributed by atoms with Crippen molar-refractivity contribution in [3.8, 4) is 5.69 Å². The Morgan fingerprint density at radius 1 is 1.35 bits per heavy atom. The Bertz CT molecular complexity index is 602. The standard InChI is InChI=1S/C9H5ClF3N3O/c10-5-2-1-3-6(4-5)16-8(17)14-7(15-16)9(11,12)13/h1-4H,(H,14,15,17). The highest BCUT2D eigenvalue weighted by Gasteiger charge is 2.36. The number of hydrogen-bond donors (Lipinski definition) is 1. The van der Waals surface area contributed by atoms with Gasteiger partial charge in [0.25, 0.3) is 0 Å². The van der Waals surface area contributed by atoms with E-state index in [-0.39, 0.29) is 5.69 Å². The first-order valence-corrected chi connectivity index (χ1v) is 4.78. The van der Waals surface area contributed by atoms with Crippen LogP contribution in [0.2, 0.25) is 5.02 Å². The number of aromatic nitrogens is 3. The fourth-order valence-corrected chi connectivity index (χ4v) is 1.42. The quantitative estimate of drug-likeness (QED) is 0.858. The van der Waals surface area contributed by atoms with E-state index >= 15 is 0 Å². The molecule has 0 saturated heterocycles. The third kappa shape index (κ3) is 2.33. The van der Waals surface area contributed by atoms with Crippen molar-refractivity contribution >= 4 is 11.6 Å². The largest absolute Gasteiger partial charge is 0.451 e. The Kier molecular flexibility index (Phi) is 2.70. The van der Waals surface area contributed by atoms with E-state index < -0.39 is 17.7 Å². The zero-order chi connectivity index (χ0) is 12.6. The molecule has 0 unspecified atom stereocenters. The molecule has 2 aromatic rings. The van der Waals surface area contributed by atoms with E-state index in [1.54, 1.807) is 4.98 Å². The summed E-state index contributed by atoms with van der Waals surface area (Å²) in [5, 5.41) is 3.45. The smallest absolute Gasteiger partial charge is 0.285 e. The number of H-pyrrole nitrogens is 1. The minimum atomic E-state index is -4.69. The number of alkyl halides is 3. The van der Waals surface area contributed by atoms with E-state index in [2.05, 4.69) is 5.10 Å². The second kappa shape index (κ2) is 3.92. The SMILES string of the molecule is O=c1[nH]c(C(F)(F)F)nn1-c1cccc(Cl)c1. The van der Waals surface area contributed by atoms with E-state index in [0.717, 1.165) is 0 Å². The second-order valence-corrected chi connectivity index (χ2v) is 3.60. The molecule has 0 aliphatic heterocycles. The molecule has 17 heavy (non-hydrogen) atoms. The van der Waals surface area contributed by atoms with Gasteiger partial charge in [0, 0.05) is 5.02 Å². The van der Waals surface area contributed by atoms with Crippen LogP contribution in [0.3, 0.4) is 0 Å². The summed E-state index contributed by atoms with van der Waals surface area (Å²) in [6, 6.07) is 5.80. The monoisotopic (exact) mass is 263 g/mol. The summed E-state index contributed by atoms with van der Waals surface area (Å²) in [4.78, 5) is 12.9. The molecule has 0 aliphatic carbocycles. The lowest BCUT2D eigenvalue weighted by atomic mass is 10.3. The summed E-state index contributed by atoms with van der Waals surface area (Å²) < 4.78 is 37.5. The fourth-order valence-electron chi connectivity index (χ4n) is 1.24. The van der Waals surface area contributed by atoms with Crippen LogP contribution in [-0.4, -0.2) is 14.8 Å². The predicted octanol–water partition coefficient (Wildman–Crippen LogP) is 2.23. The summed E-state index contributed by atoms with van der Waals surface area (Å²) in [7, 11) is 0. The van der Waals surface area contributed by atoms with Crippen molar-refractivity contribution in [1.29, 1.82) is 0 Å². The number of nitrogens with zero attached hydrogens (tertiary/aromatic N) is 2. The first-order chi connectivity index (χ1) is 7.88. The minimum Gasteiger partial charge on any atom is -0.285 e. The zero-order valence-corrected chi connectivity index (χ0v) is 8.88. The van der Waals surface area contributed by atoms with Crippen LogP contribution < -0.4 is 5.69 Å². The molecule has 90 valence electrons. The minimum absolute atomic E-state index is 0.161. The van der Waals surface area contributed by atoms with Crippen molar-refractivity contribution in [1.82, 2.24) is 14.8 Å². The number of halogens is 4. The van der Waals surface area contributed by atoms with Gasteiger partial charge in [0.1, 0.15) is 0 Å². The normalized spacial score (nSPS) is 11.8. The van der Waals surface area contributed by atoms with E-state index in [4.69, 9.17) is 11.6 Å². The molecule has 0 amide bonds. The van der Waals surface area contributed by atoms with Gasteiger partial charge in [-0.1, -0.05) is 17.7 Å². The average molecular weight is 264 g/mol. The van der Waals surface area contributed by atoms with Gasteiger partial charge in [0.15, 0.2) is 0 Å². The second-order valence-electron chi connectivity index (χ2n) is 3.17. The van der Waals surface area contributed by atoms with Gasteiger partial charge in [-0.15, -0.1) is 5.10 Å². The van der Waals surface area contributed by atoms with Crippen LogP contribution in [-0.2, 0) is 6.18 Å². The lowest BCUT2D eigenvalue weighted by Crippen LogP contribution is -2.15. The molecule has 0 radical (unpaired) electrons. The van der Waals surface area contributed by atoms with Crippen LogP contribution in [0.15, 0.2) is 29.1 Å². The Balaban J connectivity index is 2.54. The van der Waals surface area contributed by atoms with Crippen molar-refractivity contribution in [2.24, 2.45) is 0 Å². The third-order valence-electron chi connectivity index (χ3n) is 1.94.